The maximum absolute atomic E-state index is 6.05. The minimum atomic E-state index is 0.0246. The zero-order chi connectivity index (χ0) is 12.6. The minimum absolute atomic E-state index is 0.0246. The number of hydrogen-bond acceptors (Lipinski definition) is 2. The second-order valence-corrected chi connectivity index (χ2v) is 6.16. The van der Waals surface area contributed by atoms with Crippen LogP contribution in [0.5, 0.6) is 0 Å². The highest BCUT2D eigenvalue weighted by Gasteiger charge is 2.28. The van der Waals surface area contributed by atoms with Crippen LogP contribution in [-0.4, -0.2) is 0 Å². The summed E-state index contributed by atoms with van der Waals surface area (Å²) >= 11 is 0. The molecule has 0 aliphatic carbocycles. The standard InChI is InChI=1S/C14H25NO/c1-7-14(5,6)11-8-10(9-15)12(16-11)13(2,3)4/h8H,7,9,15H2,1-6H3. The van der Waals surface area contributed by atoms with E-state index in [0.29, 0.717) is 6.54 Å². The van der Waals surface area contributed by atoms with Gasteiger partial charge < -0.3 is 10.2 Å². The molecule has 0 fully saturated rings. The first-order chi connectivity index (χ1) is 7.22. The van der Waals surface area contributed by atoms with E-state index in [4.69, 9.17) is 10.2 Å². The molecule has 0 amide bonds. The van der Waals surface area contributed by atoms with Gasteiger partial charge in [0.25, 0.3) is 0 Å². The number of rotatable bonds is 3. The first-order valence-electron chi connectivity index (χ1n) is 6.06. The SMILES string of the molecule is CCC(C)(C)c1cc(CN)c(C(C)(C)C)o1. The van der Waals surface area contributed by atoms with Crippen molar-refractivity contribution in [2.45, 2.75) is 65.3 Å². The Bertz CT molecular complexity index is 355. The van der Waals surface area contributed by atoms with Crippen LogP contribution in [0.15, 0.2) is 10.5 Å². The van der Waals surface area contributed by atoms with E-state index in [1.165, 1.54) is 0 Å². The molecule has 0 bridgehead atoms. The fraction of sp³-hybridized carbons (Fsp3) is 0.714. The predicted octanol–water partition coefficient (Wildman–Crippen LogP) is 3.72. The molecule has 1 aromatic heterocycles. The lowest BCUT2D eigenvalue weighted by Crippen LogP contribution is -2.15. The van der Waals surface area contributed by atoms with Crippen molar-refractivity contribution in [1.82, 2.24) is 0 Å². The van der Waals surface area contributed by atoms with E-state index >= 15 is 0 Å². The Balaban J connectivity index is 3.23. The molecule has 0 aliphatic heterocycles. The molecular weight excluding hydrogens is 198 g/mol. The van der Waals surface area contributed by atoms with Gasteiger partial charge >= 0.3 is 0 Å². The Morgan fingerprint density at radius 3 is 2.06 bits per heavy atom. The third-order valence-electron chi connectivity index (χ3n) is 3.26. The van der Waals surface area contributed by atoms with E-state index in [-0.39, 0.29) is 10.8 Å². The summed E-state index contributed by atoms with van der Waals surface area (Å²) in [5.41, 5.74) is 7.04. The highest BCUT2D eigenvalue weighted by atomic mass is 16.3. The Hall–Kier alpha value is -0.760. The van der Waals surface area contributed by atoms with E-state index < -0.39 is 0 Å². The van der Waals surface area contributed by atoms with Gasteiger partial charge in [-0.25, -0.2) is 0 Å². The smallest absolute Gasteiger partial charge is 0.114 e. The Labute approximate surface area is 99.2 Å². The van der Waals surface area contributed by atoms with Gasteiger partial charge in [0.2, 0.25) is 0 Å². The maximum atomic E-state index is 6.05. The molecule has 2 nitrogen and oxygen atoms in total. The summed E-state index contributed by atoms with van der Waals surface area (Å²) in [7, 11) is 0. The molecule has 1 heterocycles. The molecule has 0 spiro atoms. The molecule has 0 aliphatic rings. The number of furan rings is 1. The van der Waals surface area contributed by atoms with Crippen molar-refractivity contribution < 1.29 is 4.42 Å². The largest absolute Gasteiger partial charge is 0.465 e. The molecule has 0 aromatic carbocycles. The molecule has 0 radical (unpaired) electrons. The average Bonchev–Trinajstić information content (AvgIpc) is 2.61. The van der Waals surface area contributed by atoms with Gasteiger partial charge in [0.15, 0.2) is 0 Å². The molecule has 16 heavy (non-hydrogen) atoms. The topological polar surface area (TPSA) is 39.2 Å². The van der Waals surface area contributed by atoms with E-state index in [9.17, 15) is 0 Å². The lowest BCUT2D eigenvalue weighted by molar-refractivity contribution is 0.324. The van der Waals surface area contributed by atoms with Crippen molar-refractivity contribution in [3.8, 4) is 0 Å². The molecule has 0 unspecified atom stereocenters. The van der Waals surface area contributed by atoms with E-state index in [0.717, 1.165) is 23.5 Å². The number of nitrogens with two attached hydrogens (primary N) is 1. The van der Waals surface area contributed by atoms with Crippen molar-refractivity contribution in [1.29, 1.82) is 0 Å². The van der Waals surface area contributed by atoms with Crippen molar-refractivity contribution in [2.75, 3.05) is 0 Å². The summed E-state index contributed by atoms with van der Waals surface area (Å²) in [6, 6.07) is 2.13. The van der Waals surface area contributed by atoms with Gasteiger partial charge in [-0.1, -0.05) is 41.5 Å². The quantitative estimate of drug-likeness (QED) is 0.848. The highest BCUT2D eigenvalue weighted by molar-refractivity contribution is 5.29. The summed E-state index contributed by atoms with van der Waals surface area (Å²) in [5.74, 6) is 2.09. The van der Waals surface area contributed by atoms with E-state index in [1.54, 1.807) is 0 Å². The predicted molar refractivity (Wildman–Crippen MR) is 68.6 cm³/mol. The summed E-state index contributed by atoms with van der Waals surface area (Å²) in [4.78, 5) is 0. The van der Waals surface area contributed by atoms with Gasteiger partial charge in [-0.05, 0) is 12.5 Å². The molecule has 0 atom stereocenters. The normalized spacial score (nSPS) is 13.2. The van der Waals surface area contributed by atoms with Crippen molar-refractivity contribution >= 4 is 0 Å². The van der Waals surface area contributed by atoms with Gasteiger partial charge in [0.05, 0.1) is 0 Å². The van der Waals surface area contributed by atoms with Crippen LogP contribution in [0.4, 0.5) is 0 Å². The van der Waals surface area contributed by atoms with E-state index in [2.05, 4.69) is 47.6 Å². The Morgan fingerprint density at radius 1 is 1.19 bits per heavy atom. The lowest BCUT2D eigenvalue weighted by Gasteiger charge is -2.21. The zero-order valence-corrected chi connectivity index (χ0v) is 11.5. The highest BCUT2D eigenvalue weighted by Crippen LogP contribution is 2.35. The minimum Gasteiger partial charge on any atom is -0.465 e. The van der Waals surface area contributed by atoms with Crippen molar-refractivity contribution in [2.24, 2.45) is 5.73 Å². The van der Waals surface area contributed by atoms with E-state index in [1.807, 2.05) is 0 Å². The van der Waals surface area contributed by atoms with Crippen LogP contribution in [0, 0.1) is 0 Å². The maximum Gasteiger partial charge on any atom is 0.114 e. The first kappa shape index (κ1) is 13.3. The van der Waals surface area contributed by atoms with Gasteiger partial charge in [-0.2, -0.15) is 0 Å². The molecule has 1 rings (SSSR count). The van der Waals surface area contributed by atoms with Crippen molar-refractivity contribution in [3.05, 3.63) is 23.2 Å². The zero-order valence-electron chi connectivity index (χ0n) is 11.5. The molecule has 0 saturated carbocycles. The van der Waals surface area contributed by atoms with Gasteiger partial charge in [-0.3, -0.25) is 0 Å². The second-order valence-electron chi connectivity index (χ2n) is 6.16. The fourth-order valence-corrected chi connectivity index (χ4v) is 1.72. The van der Waals surface area contributed by atoms with Crippen LogP contribution < -0.4 is 5.73 Å². The Morgan fingerprint density at radius 2 is 1.75 bits per heavy atom. The van der Waals surface area contributed by atoms with Gasteiger partial charge in [-0.15, -0.1) is 0 Å². The van der Waals surface area contributed by atoms with Crippen LogP contribution in [0.3, 0.4) is 0 Å². The Kier molecular flexibility index (Phi) is 3.53. The molecule has 2 heteroatoms. The molecule has 1 aromatic rings. The molecule has 92 valence electrons. The van der Waals surface area contributed by atoms with Crippen LogP contribution in [-0.2, 0) is 17.4 Å². The summed E-state index contributed by atoms with van der Waals surface area (Å²) in [6.07, 6.45) is 1.06. The number of hydrogen-bond donors (Lipinski definition) is 1. The monoisotopic (exact) mass is 223 g/mol. The third kappa shape index (κ3) is 2.49. The van der Waals surface area contributed by atoms with Gasteiger partial charge in [0, 0.05) is 22.9 Å². The van der Waals surface area contributed by atoms with Crippen LogP contribution in [0.25, 0.3) is 0 Å². The van der Waals surface area contributed by atoms with Crippen molar-refractivity contribution in [3.63, 3.8) is 0 Å². The average molecular weight is 223 g/mol. The van der Waals surface area contributed by atoms with Crippen LogP contribution in [0.2, 0.25) is 0 Å². The fourth-order valence-electron chi connectivity index (χ4n) is 1.72. The molecular formula is C14H25NO. The lowest BCUT2D eigenvalue weighted by atomic mass is 9.87. The molecule has 2 N–H and O–H groups in total. The molecule has 0 saturated heterocycles. The first-order valence-corrected chi connectivity index (χ1v) is 6.06. The van der Waals surface area contributed by atoms with Crippen LogP contribution >= 0.6 is 0 Å². The summed E-state index contributed by atoms with van der Waals surface area (Å²) in [5, 5.41) is 0. The summed E-state index contributed by atoms with van der Waals surface area (Å²) < 4.78 is 6.05. The third-order valence-corrected chi connectivity index (χ3v) is 3.26. The second kappa shape index (κ2) is 4.25. The summed E-state index contributed by atoms with van der Waals surface area (Å²) in [6.45, 7) is 13.6. The van der Waals surface area contributed by atoms with Crippen LogP contribution in [0.1, 0.15) is 65.0 Å². The van der Waals surface area contributed by atoms with Gasteiger partial charge in [0.1, 0.15) is 11.5 Å².